The van der Waals surface area contributed by atoms with Crippen molar-refractivity contribution in [2.75, 3.05) is 18.8 Å². The molecule has 2 heterocycles. The number of hydrogen-bond acceptors (Lipinski definition) is 5. The molecule has 7 heteroatoms. The third-order valence-corrected chi connectivity index (χ3v) is 5.04. The van der Waals surface area contributed by atoms with E-state index in [0.717, 1.165) is 22.4 Å². The summed E-state index contributed by atoms with van der Waals surface area (Å²) in [5, 5.41) is 4.51. The molecule has 1 aliphatic heterocycles. The van der Waals surface area contributed by atoms with Gasteiger partial charge in [0.15, 0.2) is 0 Å². The Morgan fingerprint density at radius 2 is 1.90 bits per heavy atom. The zero-order chi connectivity index (χ0) is 22.0. The van der Waals surface area contributed by atoms with E-state index in [-0.39, 0.29) is 12.1 Å². The van der Waals surface area contributed by atoms with Crippen molar-refractivity contribution in [1.82, 2.24) is 14.7 Å². The van der Waals surface area contributed by atoms with Crippen LogP contribution in [0.25, 0.3) is 11.1 Å². The average Bonchev–Trinajstić information content (AvgIpc) is 3.14. The molecule has 2 aromatic carbocycles. The predicted octanol–water partition coefficient (Wildman–Crippen LogP) is 4.50. The van der Waals surface area contributed by atoms with Gasteiger partial charge in [-0.15, -0.1) is 0 Å². The van der Waals surface area contributed by atoms with E-state index in [2.05, 4.69) is 5.10 Å². The van der Waals surface area contributed by atoms with Gasteiger partial charge in [-0.25, -0.2) is 4.79 Å². The zero-order valence-corrected chi connectivity index (χ0v) is 18.1. The van der Waals surface area contributed by atoms with Crippen LogP contribution in [0, 0.1) is 0 Å². The fraction of sp³-hybridized carbons (Fsp3) is 0.333. The van der Waals surface area contributed by atoms with Crippen molar-refractivity contribution in [2.45, 2.75) is 39.0 Å². The van der Waals surface area contributed by atoms with Gasteiger partial charge in [-0.3, -0.25) is 4.68 Å². The molecule has 1 aliphatic rings. The van der Waals surface area contributed by atoms with Gasteiger partial charge in [0.05, 0.1) is 12.2 Å². The van der Waals surface area contributed by atoms with Crippen molar-refractivity contribution in [2.24, 2.45) is 0 Å². The highest BCUT2D eigenvalue weighted by Crippen LogP contribution is 2.33. The highest BCUT2D eigenvalue weighted by Gasteiger charge is 2.35. The lowest BCUT2D eigenvalue weighted by Gasteiger charge is -2.39. The largest absolute Gasteiger partial charge is 0.488 e. The second kappa shape index (κ2) is 8.34. The summed E-state index contributed by atoms with van der Waals surface area (Å²) in [6.07, 6.45) is 3.49. The third-order valence-electron chi connectivity index (χ3n) is 5.04. The first-order valence-electron chi connectivity index (χ1n) is 10.4. The van der Waals surface area contributed by atoms with Gasteiger partial charge in [-0.2, -0.15) is 5.10 Å². The van der Waals surface area contributed by atoms with E-state index in [1.165, 1.54) is 0 Å². The van der Waals surface area contributed by atoms with Crippen LogP contribution < -0.4 is 10.5 Å². The van der Waals surface area contributed by atoms with E-state index in [1.54, 1.807) is 11.1 Å². The normalized spacial score (nSPS) is 14.2. The fourth-order valence-corrected chi connectivity index (χ4v) is 3.41. The smallest absolute Gasteiger partial charge is 0.410 e. The number of carbonyl (C=O) groups excluding carboxylic acids is 1. The number of nitrogens with two attached hydrogens (primary N) is 1. The summed E-state index contributed by atoms with van der Waals surface area (Å²) in [6.45, 7) is 7.22. The van der Waals surface area contributed by atoms with Crippen molar-refractivity contribution >= 4 is 11.8 Å². The second-order valence-electron chi connectivity index (χ2n) is 8.78. The summed E-state index contributed by atoms with van der Waals surface area (Å²) < 4.78 is 13.4. The lowest BCUT2D eigenvalue weighted by atomic mass is 10.1. The Bertz CT molecular complexity index is 1050. The summed E-state index contributed by atoms with van der Waals surface area (Å²) in [4.78, 5) is 13.8. The van der Waals surface area contributed by atoms with Gasteiger partial charge in [-0.05, 0) is 44.5 Å². The maximum atomic E-state index is 12.2. The molecule has 0 spiro atoms. The minimum atomic E-state index is -0.496. The highest BCUT2D eigenvalue weighted by molar-refractivity contribution is 5.73. The van der Waals surface area contributed by atoms with Crippen LogP contribution in [-0.2, 0) is 11.3 Å². The number of nitrogen functional groups attached to an aromatic ring is 1. The molecular formula is C24H28N4O3. The van der Waals surface area contributed by atoms with Gasteiger partial charge in [-0.1, -0.05) is 30.3 Å². The number of hydrogen-bond donors (Lipinski definition) is 1. The maximum Gasteiger partial charge on any atom is 0.410 e. The van der Waals surface area contributed by atoms with Gasteiger partial charge >= 0.3 is 6.09 Å². The standard InChI is InChI=1S/C24H28N4O3/c1-24(2,3)31-23(29)27-14-20(15-27)28-13-18(12-26-28)21-11-19(25)9-10-22(21)30-16-17-7-5-4-6-8-17/h4-13,20H,14-16,25H2,1-3H3. The van der Waals surface area contributed by atoms with Crippen molar-refractivity contribution < 1.29 is 14.3 Å². The molecule has 1 fully saturated rings. The second-order valence-corrected chi connectivity index (χ2v) is 8.78. The number of carbonyl (C=O) groups is 1. The SMILES string of the molecule is CC(C)(C)OC(=O)N1CC(n2cc(-c3cc(N)ccc3OCc3ccccc3)cn2)C1. The number of amides is 1. The average molecular weight is 421 g/mol. The Morgan fingerprint density at radius 1 is 1.16 bits per heavy atom. The lowest BCUT2D eigenvalue weighted by molar-refractivity contribution is -0.000381. The molecule has 0 radical (unpaired) electrons. The molecule has 162 valence electrons. The van der Waals surface area contributed by atoms with Crippen LogP contribution >= 0.6 is 0 Å². The lowest BCUT2D eigenvalue weighted by Crippen LogP contribution is -2.52. The monoisotopic (exact) mass is 420 g/mol. The molecular weight excluding hydrogens is 392 g/mol. The van der Waals surface area contributed by atoms with E-state index in [0.29, 0.717) is 25.4 Å². The van der Waals surface area contributed by atoms with Crippen molar-refractivity contribution in [3.63, 3.8) is 0 Å². The number of benzene rings is 2. The fourth-order valence-electron chi connectivity index (χ4n) is 3.41. The summed E-state index contributed by atoms with van der Waals surface area (Å²) >= 11 is 0. The van der Waals surface area contributed by atoms with Crippen LogP contribution in [0.3, 0.4) is 0 Å². The molecule has 7 nitrogen and oxygen atoms in total. The molecule has 0 saturated carbocycles. The molecule has 0 bridgehead atoms. The van der Waals surface area contributed by atoms with E-state index in [4.69, 9.17) is 15.2 Å². The molecule has 3 aromatic rings. The minimum absolute atomic E-state index is 0.121. The van der Waals surface area contributed by atoms with Crippen molar-refractivity contribution in [3.05, 3.63) is 66.5 Å². The van der Waals surface area contributed by atoms with E-state index < -0.39 is 5.60 Å². The molecule has 4 rings (SSSR count). The van der Waals surface area contributed by atoms with Crippen molar-refractivity contribution in [3.8, 4) is 16.9 Å². The van der Waals surface area contributed by atoms with Gasteiger partial charge < -0.3 is 20.1 Å². The Morgan fingerprint density at radius 3 is 2.61 bits per heavy atom. The molecule has 1 saturated heterocycles. The van der Waals surface area contributed by atoms with Gasteiger partial charge in [0.2, 0.25) is 0 Å². The summed E-state index contributed by atoms with van der Waals surface area (Å²) in [6, 6.07) is 15.8. The van der Waals surface area contributed by atoms with E-state index in [9.17, 15) is 4.79 Å². The number of anilines is 1. The van der Waals surface area contributed by atoms with Gasteiger partial charge in [0, 0.05) is 36.1 Å². The Kier molecular flexibility index (Phi) is 5.59. The molecule has 0 aliphatic carbocycles. The highest BCUT2D eigenvalue weighted by atomic mass is 16.6. The Hall–Kier alpha value is -3.48. The number of ether oxygens (including phenoxy) is 2. The number of likely N-dealkylation sites (tertiary alicyclic amines) is 1. The first-order valence-corrected chi connectivity index (χ1v) is 10.4. The summed E-state index contributed by atoms with van der Waals surface area (Å²) in [5.41, 5.74) is 9.11. The molecule has 1 aromatic heterocycles. The van der Waals surface area contributed by atoms with Crippen molar-refractivity contribution in [1.29, 1.82) is 0 Å². The topological polar surface area (TPSA) is 82.6 Å². The number of aromatic nitrogens is 2. The molecule has 31 heavy (non-hydrogen) atoms. The Labute approximate surface area is 182 Å². The van der Waals surface area contributed by atoms with Crippen LogP contribution in [0.15, 0.2) is 60.9 Å². The first kappa shape index (κ1) is 20.8. The maximum absolute atomic E-state index is 12.2. The molecule has 1 amide bonds. The summed E-state index contributed by atoms with van der Waals surface area (Å²) in [5.74, 6) is 0.751. The molecule has 0 atom stereocenters. The van der Waals surface area contributed by atoms with Crippen LogP contribution in [-0.4, -0.2) is 39.5 Å². The van der Waals surface area contributed by atoms with Crippen LogP contribution in [0.4, 0.5) is 10.5 Å². The van der Waals surface area contributed by atoms with Crippen LogP contribution in [0.5, 0.6) is 5.75 Å². The minimum Gasteiger partial charge on any atom is -0.488 e. The summed E-state index contributed by atoms with van der Waals surface area (Å²) in [7, 11) is 0. The molecule has 2 N–H and O–H groups in total. The number of nitrogens with zero attached hydrogens (tertiary/aromatic N) is 3. The van der Waals surface area contributed by atoms with E-state index >= 15 is 0 Å². The Balaban J connectivity index is 1.44. The van der Waals surface area contributed by atoms with Gasteiger partial charge in [0.25, 0.3) is 0 Å². The van der Waals surface area contributed by atoms with Crippen LogP contribution in [0.2, 0.25) is 0 Å². The molecule has 0 unspecified atom stereocenters. The number of rotatable bonds is 5. The zero-order valence-electron chi connectivity index (χ0n) is 18.1. The third kappa shape index (κ3) is 4.99. The van der Waals surface area contributed by atoms with Crippen LogP contribution in [0.1, 0.15) is 32.4 Å². The quantitative estimate of drug-likeness (QED) is 0.615. The predicted molar refractivity (Wildman–Crippen MR) is 120 cm³/mol. The first-order chi connectivity index (χ1) is 14.8. The van der Waals surface area contributed by atoms with Gasteiger partial charge in [0.1, 0.15) is 18.0 Å². The van der Waals surface area contributed by atoms with E-state index in [1.807, 2.05) is 80.2 Å².